The average molecular weight is 432 g/mol. The third-order valence-electron chi connectivity index (χ3n) is 4.55. The van der Waals surface area contributed by atoms with Crippen molar-refractivity contribution in [1.29, 1.82) is 0 Å². The van der Waals surface area contributed by atoms with Crippen LogP contribution in [0.1, 0.15) is 30.3 Å². The van der Waals surface area contributed by atoms with Crippen molar-refractivity contribution in [2.24, 2.45) is 0 Å². The number of hydrogen-bond donors (Lipinski definition) is 0. The predicted molar refractivity (Wildman–Crippen MR) is 118 cm³/mol. The second-order valence-corrected chi connectivity index (χ2v) is 8.02. The molecule has 0 radical (unpaired) electrons. The van der Waals surface area contributed by atoms with Crippen molar-refractivity contribution in [2.45, 2.75) is 44.1 Å². The Labute approximate surface area is 181 Å². The van der Waals surface area contributed by atoms with E-state index >= 15 is 0 Å². The Morgan fingerprint density at radius 3 is 2.76 bits per heavy atom. The van der Waals surface area contributed by atoms with Gasteiger partial charge in [-0.1, -0.05) is 35.5 Å². The Bertz CT molecular complexity index is 946. The number of ether oxygens (including phenoxy) is 2. The van der Waals surface area contributed by atoms with E-state index in [9.17, 15) is 0 Å². The number of rotatable bonds is 10. The van der Waals surface area contributed by atoms with Gasteiger partial charge in [-0.05, 0) is 61.7 Å². The van der Waals surface area contributed by atoms with Crippen molar-refractivity contribution in [3.8, 4) is 11.5 Å². The zero-order chi connectivity index (χ0) is 20.6. The lowest BCUT2D eigenvalue weighted by molar-refractivity contribution is 0.307. The smallest absolute Gasteiger partial charge is 0.191 e. The first-order valence-electron chi connectivity index (χ1n) is 9.67. The minimum atomic E-state index is 0.630. The standard InChI is InChI=1S/C22H26ClN3O2S/c1-4-26-21(9-6-12-28-20-11-10-18(23)13-16(20)2)24-25-22(26)29-15-17-7-5-8-19(14-17)27-3/h5,7-8,10-11,13-14H,4,6,9,12,15H2,1-3H3. The molecule has 0 saturated carbocycles. The summed E-state index contributed by atoms with van der Waals surface area (Å²) in [6.07, 6.45) is 1.70. The van der Waals surface area contributed by atoms with Crippen LogP contribution in [0, 0.1) is 6.92 Å². The van der Waals surface area contributed by atoms with Gasteiger partial charge in [0.05, 0.1) is 13.7 Å². The van der Waals surface area contributed by atoms with Crippen LogP contribution in [0.2, 0.25) is 5.02 Å². The van der Waals surface area contributed by atoms with Gasteiger partial charge >= 0.3 is 0 Å². The van der Waals surface area contributed by atoms with Gasteiger partial charge in [-0.25, -0.2) is 0 Å². The molecule has 0 N–H and O–H groups in total. The quantitative estimate of drug-likeness (QED) is 0.310. The normalized spacial score (nSPS) is 10.9. The second-order valence-electron chi connectivity index (χ2n) is 6.65. The molecule has 1 heterocycles. The highest BCUT2D eigenvalue weighted by molar-refractivity contribution is 7.98. The molecule has 0 saturated heterocycles. The molecule has 3 rings (SSSR count). The summed E-state index contributed by atoms with van der Waals surface area (Å²) in [7, 11) is 1.68. The summed E-state index contributed by atoms with van der Waals surface area (Å²) < 4.78 is 13.4. The number of halogens is 1. The van der Waals surface area contributed by atoms with Gasteiger partial charge in [0, 0.05) is 23.7 Å². The molecule has 0 amide bonds. The van der Waals surface area contributed by atoms with Crippen molar-refractivity contribution in [3.05, 3.63) is 64.4 Å². The first-order chi connectivity index (χ1) is 14.1. The summed E-state index contributed by atoms with van der Waals surface area (Å²) >= 11 is 7.69. The largest absolute Gasteiger partial charge is 0.497 e. The van der Waals surface area contributed by atoms with Gasteiger partial charge < -0.3 is 14.0 Å². The molecule has 3 aromatic rings. The SMILES string of the molecule is CCn1c(CCCOc2ccc(Cl)cc2C)nnc1SCc1cccc(OC)c1. The van der Waals surface area contributed by atoms with E-state index in [1.807, 2.05) is 37.3 Å². The summed E-state index contributed by atoms with van der Waals surface area (Å²) in [5.74, 6) is 3.57. The minimum absolute atomic E-state index is 0.630. The Hall–Kier alpha value is -2.18. The van der Waals surface area contributed by atoms with Crippen molar-refractivity contribution in [1.82, 2.24) is 14.8 Å². The first kappa shape index (κ1) is 21.5. The van der Waals surface area contributed by atoms with Crippen molar-refractivity contribution < 1.29 is 9.47 Å². The molecule has 0 atom stereocenters. The first-order valence-corrected chi connectivity index (χ1v) is 11.0. The molecule has 0 aliphatic rings. The van der Waals surface area contributed by atoms with Crippen molar-refractivity contribution >= 4 is 23.4 Å². The number of aromatic nitrogens is 3. The third kappa shape index (κ3) is 5.90. The van der Waals surface area contributed by atoms with Gasteiger partial charge in [-0.2, -0.15) is 0 Å². The van der Waals surface area contributed by atoms with E-state index < -0.39 is 0 Å². The molecular formula is C22H26ClN3O2S. The molecular weight excluding hydrogens is 406 g/mol. The molecule has 0 aliphatic carbocycles. The van der Waals surface area contributed by atoms with Gasteiger partial charge in [0.15, 0.2) is 5.16 Å². The fourth-order valence-corrected chi connectivity index (χ4v) is 4.22. The lowest BCUT2D eigenvalue weighted by Crippen LogP contribution is -2.06. The van der Waals surface area contributed by atoms with Crippen LogP contribution in [0.25, 0.3) is 0 Å². The van der Waals surface area contributed by atoms with E-state index in [-0.39, 0.29) is 0 Å². The summed E-state index contributed by atoms with van der Waals surface area (Å²) in [5.41, 5.74) is 2.25. The van der Waals surface area contributed by atoms with Crippen molar-refractivity contribution in [2.75, 3.05) is 13.7 Å². The number of hydrogen-bond acceptors (Lipinski definition) is 5. The summed E-state index contributed by atoms with van der Waals surface area (Å²) in [6, 6.07) is 13.8. The lowest BCUT2D eigenvalue weighted by atomic mass is 10.2. The van der Waals surface area contributed by atoms with Crippen LogP contribution in [0.4, 0.5) is 0 Å². The molecule has 29 heavy (non-hydrogen) atoms. The van der Waals surface area contributed by atoms with Crippen LogP contribution >= 0.6 is 23.4 Å². The number of thioether (sulfide) groups is 1. The van der Waals surface area contributed by atoms with Crippen LogP contribution in [0.5, 0.6) is 11.5 Å². The highest BCUT2D eigenvalue weighted by Gasteiger charge is 2.12. The molecule has 0 unspecified atom stereocenters. The summed E-state index contributed by atoms with van der Waals surface area (Å²) in [6.45, 7) is 5.60. The lowest BCUT2D eigenvalue weighted by Gasteiger charge is -2.10. The molecule has 5 nitrogen and oxygen atoms in total. The van der Waals surface area contributed by atoms with Crippen LogP contribution in [0.3, 0.4) is 0 Å². The Morgan fingerprint density at radius 2 is 2.00 bits per heavy atom. The highest BCUT2D eigenvalue weighted by atomic mass is 35.5. The highest BCUT2D eigenvalue weighted by Crippen LogP contribution is 2.25. The predicted octanol–water partition coefficient (Wildman–Crippen LogP) is 5.57. The van der Waals surface area contributed by atoms with E-state index in [1.54, 1.807) is 18.9 Å². The van der Waals surface area contributed by atoms with Gasteiger partial charge in [0.2, 0.25) is 0 Å². The third-order valence-corrected chi connectivity index (χ3v) is 5.82. The number of nitrogens with zero attached hydrogens (tertiary/aromatic N) is 3. The maximum absolute atomic E-state index is 5.99. The monoisotopic (exact) mass is 431 g/mol. The van der Waals surface area contributed by atoms with Crippen LogP contribution < -0.4 is 9.47 Å². The van der Waals surface area contributed by atoms with Crippen LogP contribution in [-0.2, 0) is 18.7 Å². The van der Waals surface area contributed by atoms with E-state index in [0.29, 0.717) is 6.61 Å². The Kier molecular flexibility index (Phi) is 7.83. The molecule has 1 aromatic heterocycles. The van der Waals surface area contributed by atoms with Gasteiger partial charge in [-0.3, -0.25) is 0 Å². The summed E-state index contributed by atoms with van der Waals surface area (Å²) in [4.78, 5) is 0. The van der Waals surface area contributed by atoms with Crippen molar-refractivity contribution in [3.63, 3.8) is 0 Å². The van der Waals surface area contributed by atoms with Gasteiger partial charge in [0.1, 0.15) is 17.3 Å². The van der Waals surface area contributed by atoms with Gasteiger partial charge in [-0.15, -0.1) is 10.2 Å². The zero-order valence-corrected chi connectivity index (χ0v) is 18.6. The molecule has 0 spiro atoms. The Balaban J connectivity index is 1.53. The maximum atomic E-state index is 5.99. The minimum Gasteiger partial charge on any atom is -0.497 e. The van der Waals surface area contributed by atoms with Gasteiger partial charge in [0.25, 0.3) is 0 Å². The Morgan fingerprint density at radius 1 is 1.14 bits per heavy atom. The molecule has 0 bridgehead atoms. The van der Waals surface area contributed by atoms with E-state index in [2.05, 4.69) is 33.8 Å². The van der Waals surface area contributed by atoms with Crippen LogP contribution in [-0.4, -0.2) is 28.5 Å². The molecule has 2 aromatic carbocycles. The summed E-state index contributed by atoms with van der Waals surface area (Å²) in [5, 5.41) is 10.5. The number of aryl methyl sites for hydroxylation is 2. The number of benzene rings is 2. The van der Waals surface area contributed by atoms with E-state index in [0.717, 1.165) is 58.2 Å². The molecule has 7 heteroatoms. The maximum Gasteiger partial charge on any atom is 0.191 e. The molecule has 154 valence electrons. The van der Waals surface area contributed by atoms with Crippen LogP contribution in [0.15, 0.2) is 47.6 Å². The topological polar surface area (TPSA) is 49.2 Å². The second kappa shape index (κ2) is 10.6. The van der Waals surface area contributed by atoms with E-state index in [1.165, 1.54) is 5.56 Å². The fourth-order valence-electron chi connectivity index (χ4n) is 3.03. The average Bonchev–Trinajstić information content (AvgIpc) is 3.12. The molecule has 0 fully saturated rings. The zero-order valence-electron chi connectivity index (χ0n) is 17.0. The number of methoxy groups -OCH3 is 1. The fraction of sp³-hybridized carbons (Fsp3) is 0.364. The van der Waals surface area contributed by atoms with E-state index in [4.69, 9.17) is 21.1 Å². The molecule has 0 aliphatic heterocycles.